The highest BCUT2D eigenvalue weighted by atomic mass is 16.6. The monoisotopic (exact) mass is 362 g/mol. The Bertz CT molecular complexity index is 872. The molecule has 0 saturated carbocycles. The molecule has 5 nitrogen and oxygen atoms in total. The molecule has 0 bridgehead atoms. The van der Waals surface area contributed by atoms with Gasteiger partial charge in [-0.1, -0.05) is 42.2 Å². The van der Waals surface area contributed by atoms with Gasteiger partial charge >= 0.3 is 6.03 Å². The van der Waals surface area contributed by atoms with Crippen molar-refractivity contribution in [3.05, 3.63) is 65.7 Å². The zero-order chi connectivity index (χ0) is 18.6. The standard InChI is InChI=1S/C22H22N2O3/c1-15-6-5-9-18(12-15)23-22(25)24-19-14-27-20-17(13-26-21(19)20)11-10-16-7-3-2-4-8-16/h2-9,12,17,19-21H,13-14H2,1H3,(H2,23,24,25)/t17-,19+,20?,21-/m1/s1. The third-order valence-corrected chi connectivity index (χ3v) is 4.82. The number of nitrogens with one attached hydrogen (secondary N) is 2. The lowest BCUT2D eigenvalue weighted by atomic mass is 10.0. The predicted molar refractivity (Wildman–Crippen MR) is 103 cm³/mol. The highest BCUT2D eigenvalue weighted by Crippen LogP contribution is 2.31. The van der Waals surface area contributed by atoms with Gasteiger partial charge in [-0.25, -0.2) is 4.79 Å². The highest BCUT2D eigenvalue weighted by Gasteiger charge is 2.47. The van der Waals surface area contributed by atoms with Crippen LogP contribution in [0.2, 0.25) is 0 Å². The molecule has 2 N–H and O–H groups in total. The van der Waals surface area contributed by atoms with E-state index in [9.17, 15) is 4.79 Å². The van der Waals surface area contributed by atoms with E-state index >= 15 is 0 Å². The Morgan fingerprint density at radius 2 is 1.85 bits per heavy atom. The van der Waals surface area contributed by atoms with Crippen molar-refractivity contribution in [1.82, 2.24) is 5.32 Å². The van der Waals surface area contributed by atoms with Gasteiger partial charge in [0.25, 0.3) is 0 Å². The number of hydrogen-bond donors (Lipinski definition) is 2. The van der Waals surface area contributed by atoms with Crippen LogP contribution in [0.4, 0.5) is 10.5 Å². The van der Waals surface area contributed by atoms with E-state index < -0.39 is 0 Å². The molecule has 2 amide bonds. The molecule has 0 aromatic heterocycles. The fraction of sp³-hybridized carbons (Fsp3) is 0.318. The first-order chi connectivity index (χ1) is 13.2. The molecule has 0 aliphatic carbocycles. The smallest absolute Gasteiger partial charge is 0.319 e. The molecule has 5 heteroatoms. The summed E-state index contributed by atoms with van der Waals surface area (Å²) < 4.78 is 11.8. The number of carbonyl (C=O) groups is 1. The Labute approximate surface area is 159 Å². The van der Waals surface area contributed by atoms with E-state index in [2.05, 4.69) is 22.5 Å². The summed E-state index contributed by atoms with van der Waals surface area (Å²) in [5, 5.41) is 5.82. The molecule has 4 rings (SSSR count). The van der Waals surface area contributed by atoms with Crippen LogP contribution in [-0.2, 0) is 9.47 Å². The Kier molecular flexibility index (Phi) is 5.10. The van der Waals surface area contributed by atoms with E-state index in [-0.39, 0.29) is 30.2 Å². The van der Waals surface area contributed by atoms with Crippen molar-refractivity contribution in [3.63, 3.8) is 0 Å². The van der Waals surface area contributed by atoms with Crippen LogP contribution >= 0.6 is 0 Å². The van der Waals surface area contributed by atoms with Crippen LogP contribution in [0.25, 0.3) is 0 Å². The van der Waals surface area contributed by atoms with E-state index in [0.29, 0.717) is 13.2 Å². The average Bonchev–Trinajstić information content (AvgIpc) is 3.24. The van der Waals surface area contributed by atoms with Gasteiger partial charge in [0, 0.05) is 11.3 Å². The lowest BCUT2D eigenvalue weighted by Gasteiger charge is -2.18. The Balaban J connectivity index is 1.35. The minimum absolute atomic E-state index is 0.0156. The van der Waals surface area contributed by atoms with Crippen molar-refractivity contribution in [2.24, 2.45) is 5.92 Å². The van der Waals surface area contributed by atoms with E-state index in [0.717, 1.165) is 16.8 Å². The Morgan fingerprint density at radius 3 is 2.67 bits per heavy atom. The summed E-state index contributed by atoms with van der Waals surface area (Å²) in [6.45, 7) is 2.94. The number of fused-ring (bicyclic) bond motifs is 1. The molecular formula is C22H22N2O3. The number of aryl methyl sites for hydroxylation is 1. The third kappa shape index (κ3) is 4.13. The molecule has 4 atom stereocenters. The molecule has 2 aromatic rings. The number of benzene rings is 2. The molecule has 27 heavy (non-hydrogen) atoms. The molecular weight excluding hydrogens is 340 g/mol. The molecule has 2 fully saturated rings. The minimum Gasteiger partial charge on any atom is -0.372 e. The van der Waals surface area contributed by atoms with Gasteiger partial charge in [-0.2, -0.15) is 0 Å². The molecule has 0 radical (unpaired) electrons. The van der Waals surface area contributed by atoms with E-state index in [4.69, 9.17) is 9.47 Å². The second-order valence-corrected chi connectivity index (χ2v) is 6.91. The number of carbonyl (C=O) groups excluding carboxylic acids is 1. The zero-order valence-electron chi connectivity index (χ0n) is 15.1. The number of anilines is 1. The number of amides is 2. The summed E-state index contributed by atoms with van der Waals surface area (Å²) in [7, 11) is 0. The second-order valence-electron chi connectivity index (χ2n) is 6.91. The maximum atomic E-state index is 12.3. The summed E-state index contributed by atoms with van der Waals surface area (Å²) in [6.07, 6.45) is -0.270. The normalized spacial score (nSPS) is 26.0. The minimum atomic E-state index is -0.253. The van der Waals surface area contributed by atoms with Crippen molar-refractivity contribution in [2.45, 2.75) is 25.2 Å². The van der Waals surface area contributed by atoms with E-state index in [1.165, 1.54) is 0 Å². The summed E-state index contributed by atoms with van der Waals surface area (Å²) in [5.74, 6) is 6.46. The first-order valence-corrected chi connectivity index (χ1v) is 9.13. The van der Waals surface area contributed by atoms with Crippen LogP contribution in [0.3, 0.4) is 0 Å². The number of hydrogen-bond acceptors (Lipinski definition) is 3. The molecule has 2 saturated heterocycles. The molecule has 2 aliphatic heterocycles. The highest BCUT2D eigenvalue weighted by molar-refractivity contribution is 5.89. The Hall–Kier alpha value is -2.81. The van der Waals surface area contributed by atoms with Crippen molar-refractivity contribution in [2.75, 3.05) is 18.5 Å². The van der Waals surface area contributed by atoms with Gasteiger partial charge < -0.3 is 20.1 Å². The molecule has 1 unspecified atom stereocenters. The van der Waals surface area contributed by atoms with Gasteiger partial charge in [-0.05, 0) is 36.8 Å². The zero-order valence-corrected chi connectivity index (χ0v) is 15.1. The van der Waals surface area contributed by atoms with Crippen LogP contribution in [-0.4, -0.2) is 37.5 Å². The maximum Gasteiger partial charge on any atom is 0.319 e. The summed E-state index contributed by atoms with van der Waals surface area (Å²) >= 11 is 0. The number of ether oxygens (including phenoxy) is 2. The lowest BCUT2D eigenvalue weighted by Crippen LogP contribution is -2.45. The molecule has 2 aromatic carbocycles. The maximum absolute atomic E-state index is 12.3. The lowest BCUT2D eigenvalue weighted by molar-refractivity contribution is 0.0666. The predicted octanol–water partition coefficient (Wildman–Crippen LogP) is 2.95. The van der Waals surface area contributed by atoms with Gasteiger partial charge in [0.1, 0.15) is 12.2 Å². The molecule has 138 valence electrons. The fourth-order valence-electron chi connectivity index (χ4n) is 3.50. The van der Waals surface area contributed by atoms with E-state index in [1.807, 2.05) is 61.5 Å². The van der Waals surface area contributed by atoms with E-state index in [1.54, 1.807) is 0 Å². The average molecular weight is 362 g/mol. The third-order valence-electron chi connectivity index (χ3n) is 4.82. The van der Waals surface area contributed by atoms with Gasteiger partial charge in [0.15, 0.2) is 0 Å². The van der Waals surface area contributed by atoms with Crippen molar-refractivity contribution in [1.29, 1.82) is 0 Å². The first-order valence-electron chi connectivity index (χ1n) is 9.13. The van der Waals surface area contributed by atoms with Gasteiger partial charge in [-0.3, -0.25) is 0 Å². The SMILES string of the molecule is Cc1cccc(NC(=O)N[C@H]2COC3[C@H](C#Cc4ccccc4)CO[C@@H]32)c1. The summed E-state index contributed by atoms with van der Waals surface area (Å²) in [5.41, 5.74) is 2.84. The molecule has 2 heterocycles. The first kappa shape index (κ1) is 17.6. The van der Waals surface area contributed by atoms with Crippen molar-refractivity contribution in [3.8, 4) is 11.8 Å². The van der Waals surface area contributed by atoms with Crippen molar-refractivity contribution < 1.29 is 14.3 Å². The van der Waals surface area contributed by atoms with Gasteiger partial charge in [-0.15, -0.1) is 0 Å². The van der Waals surface area contributed by atoms with Gasteiger partial charge in [0.05, 0.1) is 25.2 Å². The van der Waals surface area contributed by atoms with Crippen LogP contribution in [0.5, 0.6) is 0 Å². The van der Waals surface area contributed by atoms with Crippen LogP contribution in [0.15, 0.2) is 54.6 Å². The van der Waals surface area contributed by atoms with Crippen LogP contribution in [0, 0.1) is 24.7 Å². The summed E-state index contributed by atoms with van der Waals surface area (Å²) in [4.78, 5) is 12.3. The van der Waals surface area contributed by atoms with Crippen molar-refractivity contribution >= 4 is 11.7 Å². The van der Waals surface area contributed by atoms with Crippen LogP contribution < -0.4 is 10.6 Å². The number of rotatable bonds is 2. The second kappa shape index (κ2) is 7.83. The molecule has 0 spiro atoms. The van der Waals surface area contributed by atoms with Crippen LogP contribution in [0.1, 0.15) is 11.1 Å². The number of urea groups is 1. The topological polar surface area (TPSA) is 59.6 Å². The quantitative estimate of drug-likeness (QED) is 0.808. The largest absolute Gasteiger partial charge is 0.372 e. The molecule has 2 aliphatic rings. The summed E-state index contributed by atoms with van der Waals surface area (Å²) in [6, 6.07) is 17.1. The fourth-order valence-corrected chi connectivity index (χ4v) is 3.50. The Morgan fingerprint density at radius 1 is 1.04 bits per heavy atom. The van der Waals surface area contributed by atoms with Gasteiger partial charge in [0.2, 0.25) is 0 Å².